The lowest BCUT2D eigenvalue weighted by atomic mass is 9.93. The molecule has 3 heterocycles. The third kappa shape index (κ3) is 10.8. The third-order valence-electron chi connectivity index (χ3n) is 12.4. The van der Waals surface area contributed by atoms with E-state index in [4.69, 9.17) is 4.42 Å². The fourth-order valence-electron chi connectivity index (χ4n) is 8.99. The number of carbonyl (C=O) groups excluding carboxylic acids is 1. The quantitative estimate of drug-likeness (QED) is 0.0454. The van der Waals surface area contributed by atoms with Crippen molar-refractivity contribution < 1.29 is 43.4 Å². The van der Waals surface area contributed by atoms with Gasteiger partial charge in [0.1, 0.15) is 17.1 Å². The van der Waals surface area contributed by atoms with Crippen LogP contribution in [-0.4, -0.2) is 128 Å². The van der Waals surface area contributed by atoms with Crippen LogP contribution in [0.3, 0.4) is 0 Å². The minimum atomic E-state index is -4.15. The van der Waals surface area contributed by atoms with Gasteiger partial charge in [-0.2, -0.15) is 4.58 Å². The van der Waals surface area contributed by atoms with Crippen molar-refractivity contribution in [2.75, 3.05) is 93.0 Å². The van der Waals surface area contributed by atoms with Crippen LogP contribution in [0.25, 0.3) is 33.4 Å². The molecule has 360 valence electrons. The zero-order valence-corrected chi connectivity index (χ0v) is 42.2. The van der Waals surface area contributed by atoms with Gasteiger partial charge in [-0.3, -0.25) is 4.79 Å². The summed E-state index contributed by atoms with van der Waals surface area (Å²) in [4.78, 5) is 14.5. The maximum absolute atomic E-state index is 13.9. The molecule has 3 aliphatic heterocycles. The average molecular weight is 985 g/mol. The van der Waals surface area contributed by atoms with Crippen LogP contribution in [0.1, 0.15) is 30.9 Å². The van der Waals surface area contributed by atoms with E-state index < -0.39 is 30.1 Å². The summed E-state index contributed by atoms with van der Waals surface area (Å²) in [6, 6.07) is 28.7. The summed E-state index contributed by atoms with van der Waals surface area (Å²) in [6.45, 7) is 4.52. The van der Waals surface area contributed by atoms with Crippen LogP contribution in [0, 0.1) is 0 Å². The lowest BCUT2D eigenvalue weighted by molar-refractivity contribution is -0.870. The molecule has 18 heteroatoms. The van der Waals surface area contributed by atoms with E-state index in [2.05, 4.69) is 65.9 Å². The van der Waals surface area contributed by atoms with Gasteiger partial charge in [-0.05, 0) is 73.5 Å². The van der Waals surface area contributed by atoms with Crippen molar-refractivity contribution in [3.63, 3.8) is 0 Å². The van der Waals surface area contributed by atoms with Gasteiger partial charge in [-0.1, -0.05) is 18.2 Å². The first kappa shape index (κ1) is 49.1. The highest BCUT2D eigenvalue weighted by molar-refractivity contribution is 7.90. The highest BCUT2D eigenvalue weighted by atomic mass is 32.2. The van der Waals surface area contributed by atoms with E-state index >= 15 is 0 Å². The van der Waals surface area contributed by atoms with Crippen LogP contribution in [-0.2, 0) is 47.7 Å². The Balaban J connectivity index is 1.20. The zero-order valence-electron chi connectivity index (χ0n) is 39.8. The molecule has 1 aliphatic carbocycles. The Morgan fingerprint density at radius 2 is 1.32 bits per heavy atom. The number of Topliss-reactive ketones (excluding diaryl/α,β-unsaturated/α-hetero) is 1. The molecule has 0 amide bonds. The smallest absolute Gasteiger partial charge is 0.241 e. The van der Waals surface area contributed by atoms with Crippen LogP contribution in [0.2, 0.25) is 0 Å². The number of benzene rings is 5. The molecule has 0 fully saturated rings. The number of carbonyl (C=O) groups is 1. The molecule has 15 nitrogen and oxygen atoms in total. The molecule has 0 spiro atoms. The largest absolute Gasteiger partial charge is 0.456 e. The molecule has 0 aromatic heterocycles. The van der Waals surface area contributed by atoms with Crippen molar-refractivity contribution in [1.29, 1.82) is 0 Å². The number of anilines is 2. The fourth-order valence-corrected chi connectivity index (χ4v) is 12.5. The lowest BCUT2D eigenvalue weighted by Crippen LogP contribution is -2.37. The van der Waals surface area contributed by atoms with Crippen LogP contribution < -0.4 is 29.0 Å². The van der Waals surface area contributed by atoms with Gasteiger partial charge in [0.25, 0.3) is 0 Å². The second-order valence-corrected chi connectivity index (χ2v) is 25.0. The van der Waals surface area contributed by atoms with E-state index in [-0.39, 0.29) is 27.0 Å². The topological polar surface area (TPSA) is 175 Å². The highest BCUT2D eigenvalue weighted by Gasteiger charge is 2.31. The van der Waals surface area contributed by atoms with Gasteiger partial charge in [-0.25, -0.2) is 39.4 Å². The van der Waals surface area contributed by atoms with Crippen molar-refractivity contribution >= 4 is 63.9 Å². The standard InChI is InChI=1S/C50H62N7O8S3/c1-35(58)34-53-68(63,64)49-13-9-8-12-44(49)50-42-18-14-38(54-26-22-36-30-40(16-20-45(36)54)66(59,60)51-24-10-28-56(2,3)4)32-47(42)65-48-33-39(15-19-43(48)50)55-27-23-37-31-41(17-21-46(37)55)67(61,62)52-25-11-29-57(5,6)7/h8-9,12-21,30-33,51-53H,10-11,22-29,34H2,1-7H3/q+3. The maximum Gasteiger partial charge on any atom is 0.241 e. The Labute approximate surface area is 400 Å². The molecule has 68 heavy (non-hydrogen) atoms. The maximum atomic E-state index is 13.9. The van der Waals surface area contributed by atoms with Crippen LogP contribution in [0.5, 0.6) is 0 Å². The van der Waals surface area contributed by atoms with Gasteiger partial charge in [0.05, 0.1) is 82.7 Å². The van der Waals surface area contributed by atoms with Gasteiger partial charge in [0.15, 0.2) is 6.54 Å². The Morgan fingerprint density at radius 1 is 0.676 bits per heavy atom. The zero-order chi connectivity index (χ0) is 48.8. The molecule has 4 aliphatic rings. The first-order valence-electron chi connectivity index (χ1n) is 22.8. The van der Waals surface area contributed by atoms with Gasteiger partial charge in [0, 0.05) is 96.1 Å². The predicted molar refractivity (Wildman–Crippen MR) is 267 cm³/mol. The van der Waals surface area contributed by atoms with E-state index in [1.54, 1.807) is 42.5 Å². The first-order chi connectivity index (χ1) is 32.0. The molecule has 0 saturated carbocycles. The number of ketones is 1. The van der Waals surface area contributed by atoms with Crippen LogP contribution in [0.15, 0.2) is 116 Å². The minimum absolute atomic E-state index is 0.00683. The molecule has 3 N–H and O–H groups in total. The summed E-state index contributed by atoms with van der Waals surface area (Å²) in [6.07, 6.45) is 2.67. The number of quaternary nitrogens is 2. The third-order valence-corrected chi connectivity index (χ3v) is 16.8. The van der Waals surface area contributed by atoms with Gasteiger partial charge in [0.2, 0.25) is 41.1 Å². The molecule has 0 radical (unpaired) electrons. The lowest BCUT2D eigenvalue weighted by Gasteiger charge is -2.23. The monoisotopic (exact) mass is 984 g/mol. The van der Waals surface area contributed by atoms with E-state index in [1.165, 1.54) is 13.0 Å². The summed E-state index contributed by atoms with van der Waals surface area (Å²) in [5.41, 5.74) is 6.56. The van der Waals surface area contributed by atoms with Gasteiger partial charge >= 0.3 is 0 Å². The number of hydrogen-bond donors (Lipinski definition) is 3. The molecule has 8 rings (SSSR count). The molecule has 4 aromatic rings. The Kier molecular flexibility index (Phi) is 13.6. The van der Waals surface area contributed by atoms with E-state index in [0.717, 1.165) is 55.6 Å². The number of nitrogens with one attached hydrogen (secondary N) is 3. The molecule has 0 saturated heterocycles. The normalized spacial score (nSPS) is 15.3. The summed E-state index contributed by atoms with van der Waals surface area (Å²) in [7, 11) is 0.862. The number of rotatable bonds is 18. The van der Waals surface area contributed by atoms with Crippen molar-refractivity contribution in [3.05, 3.63) is 114 Å². The fraction of sp³-hybridized carbons (Fsp3) is 0.360. The SMILES string of the molecule is CC(=O)CNS(=O)(=O)c1ccccc1-c1c2ccc(=[N+]3CCc4cc(S(=O)(=O)NCCC[N+](C)(C)C)ccc43)cc-2oc2cc(N3CCc4cc(S(=O)(=O)NCCC[N+](C)(C)C)ccc43)ccc12. The predicted octanol–water partition coefficient (Wildman–Crippen LogP) is 5.18. The molecule has 0 bridgehead atoms. The first-order valence-corrected chi connectivity index (χ1v) is 27.3. The summed E-state index contributed by atoms with van der Waals surface area (Å²) in [5.74, 6) is 0.163. The number of nitrogens with zero attached hydrogens (tertiary/aromatic N) is 4. The highest BCUT2D eigenvalue weighted by Crippen LogP contribution is 2.44. The van der Waals surface area contributed by atoms with E-state index in [9.17, 15) is 30.0 Å². The molecule has 0 atom stereocenters. The van der Waals surface area contributed by atoms with Crippen LogP contribution in [0.4, 0.5) is 17.1 Å². The summed E-state index contributed by atoms with van der Waals surface area (Å²) >= 11 is 0. The van der Waals surface area contributed by atoms with E-state index in [0.29, 0.717) is 85.3 Å². The molecular formula is C50H62N7O8S3+3. The van der Waals surface area contributed by atoms with Crippen molar-refractivity contribution in [2.24, 2.45) is 0 Å². The van der Waals surface area contributed by atoms with Gasteiger partial charge < -0.3 is 18.3 Å². The van der Waals surface area contributed by atoms with E-state index in [1.807, 2.05) is 48.5 Å². The summed E-state index contributed by atoms with van der Waals surface area (Å²) < 4.78 is 99.4. The Morgan fingerprint density at radius 3 is 1.99 bits per heavy atom. The molecular weight excluding hydrogens is 923 g/mol. The number of sulfonamides is 3. The number of hydrogen-bond acceptors (Lipinski definition) is 9. The van der Waals surface area contributed by atoms with Crippen molar-refractivity contribution in [3.8, 4) is 22.5 Å². The Bertz CT molecular complexity index is 3320. The second kappa shape index (κ2) is 18.9. The second-order valence-electron chi connectivity index (χ2n) is 19.8. The van der Waals surface area contributed by atoms with Crippen molar-refractivity contribution in [2.45, 2.75) is 47.3 Å². The van der Waals surface area contributed by atoms with Crippen molar-refractivity contribution in [1.82, 2.24) is 18.7 Å². The summed E-state index contributed by atoms with van der Waals surface area (Å²) in [5, 5.41) is 1.47. The molecule has 0 unspecified atom stereocenters. The minimum Gasteiger partial charge on any atom is -0.456 e. The number of fused-ring (bicyclic) bond motifs is 4. The van der Waals surface area contributed by atoms with Gasteiger partial charge in [-0.15, -0.1) is 0 Å². The average Bonchev–Trinajstić information content (AvgIpc) is 3.91. The Hall–Kier alpha value is -5.31. The molecule has 4 aromatic carbocycles. The van der Waals surface area contributed by atoms with Crippen LogP contribution >= 0.6 is 0 Å².